The summed E-state index contributed by atoms with van der Waals surface area (Å²) < 4.78 is 6.98. The molecule has 1 N–H and O–H groups in total. The summed E-state index contributed by atoms with van der Waals surface area (Å²) >= 11 is 0. The van der Waals surface area contributed by atoms with E-state index in [-0.39, 0.29) is 5.92 Å². The molecule has 0 saturated heterocycles. The molecule has 0 aliphatic rings. The van der Waals surface area contributed by atoms with Crippen LogP contribution in [0.4, 0.5) is 11.6 Å². The summed E-state index contributed by atoms with van der Waals surface area (Å²) in [5.41, 5.74) is 4.65. The van der Waals surface area contributed by atoms with Crippen molar-refractivity contribution in [2.24, 2.45) is 7.05 Å². The molecule has 0 aromatic carbocycles. The van der Waals surface area contributed by atoms with Crippen molar-refractivity contribution in [3.05, 3.63) is 54.6 Å². The number of nitrogens with zero attached hydrogens (tertiary/aromatic N) is 6. The second kappa shape index (κ2) is 7.69. The van der Waals surface area contributed by atoms with Crippen molar-refractivity contribution < 1.29 is 4.74 Å². The van der Waals surface area contributed by atoms with E-state index in [2.05, 4.69) is 37.5 Å². The van der Waals surface area contributed by atoms with Crippen molar-refractivity contribution in [3.8, 4) is 11.1 Å². The topological polar surface area (TPSA) is 90.6 Å². The summed E-state index contributed by atoms with van der Waals surface area (Å²) in [6.07, 6.45) is 7.35. The van der Waals surface area contributed by atoms with Crippen LogP contribution in [0, 0.1) is 0 Å². The Morgan fingerprint density at radius 3 is 2.75 bits per heavy atom. The molecule has 4 heterocycles. The predicted molar refractivity (Wildman–Crippen MR) is 107 cm³/mol. The first kappa shape index (κ1) is 18.0. The molecule has 0 spiro atoms. The molecule has 1 unspecified atom stereocenters. The van der Waals surface area contributed by atoms with Crippen LogP contribution in [0.2, 0.25) is 0 Å². The maximum absolute atomic E-state index is 5.22. The molecule has 4 aromatic rings. The average Bonchev–Trinajstić information content (AvgIpc) is 3.14. The van der Waals surface area contributed by atoms with Gasteiger partial charge in [0.25, 0.3) is 0 Å². The highest BCUT2D eigenvalue weighted by Gasteiger charge is 2.09. The minimum atomic E-state index is 0.233. The Hall–Kier alpha value is -3.39. The zero-order valence-electron chi connectivity index (χ0n) is 16.0. The number of hydrogen-bond donors (Lipinski definition) is 1. The Morgan fingerprint density at radius 1 is 1.07 bits per heavy atom. The Morgan fingerprint density at radius 2 is 1.96 bits per heavy atom. The van der Waals surface area contributed by atoms with Gasteiger partial charge in [-0.1, -0.05) is 6.92 Å². The Kier molecular flexibility index (Phi) is 4.94. The van der Waals surface area contributed by atoms with Crippen molar-refractivity contribution in [1.29, 1.82) is 0 Å². The summed E-state index contributed by atoms with van der Waals surface area (Å²) in [6, 6.07) is 7.79. The van der Waals surface area contributed by atoms with Gasteiger partial charge >= 0.3 is 0 Å². The molecule has 4 rings (SSSR count). The van der Waals surface area contributed by atoms with Crippen LogP contribution in [0.3, 0.4) is 0 Å². The first-order valence-electron chi connectivity index (χ1n) is 8.97. The molecule has 8 nitrogen and oxygen atoms in total. The van der Waals surface area contributed by atoms with Crippen LogP contribution in [0.15, 0.2) is 49.1 Å². The zero-order chi connectivity index (χ0) is 19.5. The monoisotopic (exact) mass is 375 g/mol. The molecular weight excluding hydrogens is 354 g/mol. The number of fused-ring (bicyclic) bond motifs is 1. The molecular formula is C20H21N7O. The van der Waals surface area contributed by atoms with Crippen molar-refractivity contribution in [3.63, 3.8) is 0 Å². The third-order valence-electron chi connectivity index (χ3n) is 4.49. The van der Waals surface area contributed by atoms with Crippen LogP contribution in [0.25, 0.3) is 22.2 Å². The van der Waals surface area contributed by atoms with Crippen molar-refractivity contribution in [2.45, 2.75) is 12.8 Å². The van der Waals surface area contributed by atoms with Gasteiger partial charge in [-0.15, -0.1) is 5.10 Å². The largest absolute Gasteiger partial charge is 0.384 e. The van der Waals surface area contributed by atoms with Gasteiger partial charge in [0, 0.05) is 43.6 Å². The molecule has 0 aliphatic heterocycles. The lowest BCUT2D eigenvalue weighted by Gasteiger charge is -2.11. The zero-order valence-corrected chi connectivity index (χ0v) is 16.0. The fourth-order valence-electron chi connectivity index (χ4n) is 2.99. The Balaban J connectivity index is 1.61. The molecule has 0 amide bonds. The highest BCUT2D eigenvalue weighted by atomic mass is 16.5. The van der Waals surface area contributed by atoms with Crippen molar-refractivity contribution >= 4 is 22.7 Å². The van der Waals surface area contributed by atoms with E-state index >= 15 is 0 Å². The molecule has 142 valence electrons. The molecule has 0 aliphatic carbocycles. The second-order valence-corrected chi connectivity index (χ2v) is 6.72. The van der Waals surface area contributed by atoms with E-state index in [1.807, 2.05) is 49.9 Å². The van der Waals surface area contributed by atoms with Gasteiger partial charge in [-0.2, -0.15) is 10.2 Å². The Labute approximate surface area is 162 Å². The smallest absolute Gasteiger partial charge is 0.154 e. The standard InChI is InChI=1S/C20H21N7O/c1-13(12-28-3)14-7-20(26-22-9-14)25-19-5-4-17-18(24-19)6-15(8-21-17)16-10-23-27(2)11-16/h4-11,13H,12H2,1-3H3,(H,24,25,26). The minimum absolute atomic E-state index is 0.233. The van der Waals surface area contributed by atoms with Gasteiger partial charge in [-0.05, 0) is 29.8 Å². The quantitative estimate of drug-likeness (QED) is 0.553. The third-order valence-corrected chi connectivity index (χ3v) is 4.49. The molecule has 0 bridgehead atoms. The maximum Gasteiger partial charge on any atom is 0.154 e. The van der Waals surface area contributed by atoms with E-state index in [9.17, 15) is 0 Å². The van der Waals surface area contributed by atoms with Crippen molar-refractivity contribution in [1.82, 2.24) is 29.9 Å². The lowest BCUT2D eigenvalue weighted by Crippen LogP contribution is -2.05. The van der Waals surface area contributed by atoms with Gasteiger partial charge in [0.2, 0.25) is 0 Å². The van der Waals surface area contributed by atoms with E-state index < -0.39 is 0 Å². The van der Waals surface area contributed by atoms with Crippen LogP contribution in [0.1, 0.15) is 18.4 Å². The highest BCUT2D eigenvalue weighted by Crippen LogP contribution is 2.24. The lowest BCUT2D eigenvalue weighted by molar-refractivity contribution is 0.184. The van der Waals surface area contributed by atoms with Crippen LogP contribution >= 0.6 is 0 Å². The summed E-state index contributed by atoms with van der Waals surface area (Å²) in [5, 5.41) is 15.7. The summed E-state index contributed by atoms with van der Waals surface area (Å²) in [7, 11) is 3.58. The molecule has 0 saturated carbocycles. The van der Waals surface area contributed by atoms with E-state index in [0.717, 1.165) is 27.7 Å². The number of nitrogens with one attached hydrogen (secondary N) is 1. The number of rotatable bonds is 6. The van der Waals surface area contributed by atoms with E-state index in [1.165, 1.54) is 0 Å². The number of hydrogen-bond acceptors (Lipinski definition) is 7. The summed E-state index contributed by atoms with van der Waals surface area (Å²) in [6.45, 7) is 2.71. The molecule has 1 atom stereocenters. The average molecular weight is 375 g/mol. The first-order chi connectivity index (χ1) is 13.6. The second-order valence-electron chi connectivity index (χ2n) is 6.72. The number of pyridine rings is 2. The predicted octanol–water partition coefficient (Wildman–Crippen LogP) is 3.31. The molecule has 0 radical (unpaired) electrons. The minimum Gasteiger partial charge on any atom is -0.384 e. The van der Waals surface area contributed by atoms with Gasteiger partial charge in [-0.3, -0.25) is 9.67 Å². The van der Waals surface area contributed by atoms with Gasteiger partial charge in [0.05, 0.1) is 30.0 Å². The molecule has 8 heteroatoms. The highest BCUT2D eigenvalue weighted by molar-refractivity contribution is 5.81. The summed E-state index contributed by atoms with van der Waals surface area (Å²) in [4.78, 5) is 9.18. The fourth-order valence-corrected chi connectivity index (χ4v) is 2.99. The number of ether oxygens (including phenoxy) is 1. The number of aryl methyl sites for hydroxylation is 1. The third kappa shape index (κ3) is 3.81. The SMILES string of the molecule is COCC(C)c1cnnc(Nc2ccc3ncc(-c4cnn(C)c4)cc3n2)c1. The molecule has 0 fully saturated rings. The number of anilines is 2. The summed E-state index contributed by atoms with van der Waals surface area (Å²) in [5.74, 6) is 1.56. The van der Waals surface area contributed by atoms with Gasteiger partial charge in [0.15, 0.2) is 5.82 Å². The fraction of sp³-hybridized carbons (Fsp3) is 0.250. The number of methoxy groups -OCH3 is 1. The van der Waals surface area contributed by atoms with Crippen LogP contribution in [-0.2, 0) is 11.8 Å². The van der Waals surface area contributed by atoms with E-state index in [1.54, 1.807) is 18.0 Å². The van der Waals surface area contributed by atoms with Gasteiger partial charge in [0.1, 0.15) is 5.82 Å². The number of aromatic nitrogens is 6. The maximum atomic E-state index is 5.22. The van der Waals surface area contributed by atoms with Crippen LogP contribution < -0.4 is 5.32 Å². The normalized spacial score (nSPS) is 12.2. The van der Waals surface area contributed by atoms with Gasteiger partial charge < -0.3 is 10.1 Å². The van der Waals surface area contributed by atoms with Crippen LogP contribution in [-0.4, -0.2) is 43.7 Å². The van der Waals surface area contributed by atoms with Crippen molar-refractivity contribution in [2.75, 3.05) is 19.0 Å². The lowest BCUT2D eigenvalue weighted by atomic mass is 10.1. The van der Waals surface area contributed by atoms with E-state index in [0.29, 0.717) is 18.2 Å². The first-order valence-corrected chi connectivity index (χ1v) is 8.97. The Bertz CT molecular complexity index is 1110. The van der Waals surface area contributed by atoms with Gasteiger partial charge in [-0.25, -0.2) is 4.98 Å². The van der Waals surface area contributed by atoms with E-state index in [4.69, 9.17) is 4.74 Å². The molecule has 4 aromatic heterocycles. The molecule has 28 heavy (non-hydrogen) atoms. The van der Waals surface area contributed by atoms with Crippen LogP contribution in [0.5, 0.6) is 0 Å².